The lowest BCUT2D eigenvalue weighted by Gasteiger charge is -2.10. The maximum atomic E-state index is 11.2. The smallest absolute Gasteiger partial charge is 0.353 e. The number of rotatable bonds is 1. The first kappa shape index (κ1) is 8.21. The molecule has 2 rings (SSSR count). The highest BCUT2D eigenvalue weighted by molar-refractivity contribution is 5.23. The number of hydrogen-bond acceptors (Lipinski definition) is 5. The largest absolute Gasteiger partial charge is 0.383 e. The van der Waals surface area contributed by atoms with Crippen molar-refractivity contribution in [2.45, 2.75) is 6.41 Å². The second kappa shape index (κ2) is 3.15. The lowest BCUT2D eigenvalue weighted by Crippen LogP contribution is -2.27. The minimum Gasteiger partial charge on any atom is -0.383 e. The fourth-order valence-corrected chi connectivity index (χ4v) is 1.09. The third kappa shape index (κ3) is 1.53. The van der Waals surface area contributed by atoms with Gasteiger partial charge >= 0.3 is 5.69 Å². The summed E-state index contributed by atoms with van der Waals surface area (Å²) in [5.74, 6) is 0.194. The summed E-state index contributed by atoms with van der Waals surface area (Å²) in [4.78, 5) is 14.8. The third-order valence-corrected chi connectivity index (χ3v) is 1.68. The Hall–Kier alpha value is -1.40. The number of nitrogen functional groups attached to an aromatic ring is 1. The molecule has 2 N–H and O–H groups in total. The van der Waals surface area contributed by atoms with Gasteiger partial charge in [0, 0.05) is 6.20 Å². The van der Waals surface area contributed by atoms with E-state index in [-0.39, 0.29) is 5.82 Å². The summed E-state index contributed by atoms with van der Waals surface area (Å²) in [6.07, 6.45) is 0.848. The predicted octanol–water partition coefficient (Wildman–Crippen LogP) is -0.672. The Labute approximate surface area is 73.9 Å². The molecule has 70 valence electrons. The Morgan fingerprint density at radius 2 is 2.23 bits per heavy atom. The standard InChI is InChI=1S/C7H9N3O3/c8-5-1-2-10(6(11)9-5)7-12-3-4-13-7/h1-2,7H,3-4H2,(H2,8,9,11). The fourth-order valence-electron chi connectivity index (χ4n) is 1.09. The van der Waals surface area contributed by atoms with E-state index in [9.17, 15) is 4.79 Å². The molecule has 6 heteroatoms. The molecule has 1 aromatic rings. The van der Waals surface area contributed by atoms with E-state index < -0.39 is 12.1 Å². The summed E-state index contributed by atoms with van der Waals surface area (Å²) in [6, 6.07) is 1.52. The van der Waals surface area contributed by atoms with Gasteiger partial charge in [0.1, 0.15) is 5.82 Å². The van der Waals surface area contributed by atoms with Gasteiger partial charge in [0.25, 0.3) is 0 Å². The second-order valence-corrected chi connectivity index (χ2v) is 2.59. The Balaban J connectivity index is 2.34. The van der Waals surface area contributed by atoms with Gasteiger partial charge in [0.2, 0.25) is 6.41 Å². The van der Waals surface area contributed by atoms with Crippen molar-refractivity contribution in [1.82, 2.24) is 9.55 Å². The van der Waals surface area contributed by atoms with Crippen molar-refractivity contribution in [2.75, 3.05) is 18.9 Å². The molecule has 0 unspecified atom stereocenters. The number of nitrogens with zero attached hydrogens (tertiary/aromatic N) is 2. The molecule has 1 aliphatic rings. The highest BCUT2D eigenvalue weighted by Crippen LogP contribution is 2.13. The Morgan fingerprint density at radius 1 is 1.54 bits per heavy atom. The van der Waals surface area contributed by atoms with E-state index >= 15 is 0 Å². The van der Waals surface area contributed by atoms with Gasteiger partial charge in [-0.05, 0) is 6.07 Å². The second-order valence-electron chi connectivity index (χ2n) is 2.59. The minimum atomic E-state index is -0.652. The first-order chi connectivity index (χ1) is 6.27. The molecule has 1 aliphatic heterocycles. The minimum absolute atomic E-state index is 0.194. The van der Waals surface area contributed by atoms with Gasteiger partial charge < -0.3 is 15.2 Å². The van der Waals surface area contributed by atoms with Crippen LogP contribution >= 0.6 is 0 Å². The van der Waals surface area contributed by atoms with Crippen LogP contribution in [0.25, 0.3) is 0 Å². The zero-order valence-electron chi connectivity index (χ0n) is 6.84. The van der Waals surface area contributed by atoms with Crippen molar-refractivity contribution in [3.63, 3.8) is 0 Å². The molecule has 0 aromatic carbocycles. The van der Waals surface area contributed by atoms with Crippen LogP contribution in [-0.2, 0) is 9.47 Å². The topological polar surface area (TPSA) is 79.4 Å². The SMILES string of the molecule is Nc1ccn(C2OCCO2)c(=O)n1. The lowest BCUT2D eigenvalue weighted by atomic mass is 10.6. The molecule has 0 atom stereocenters. The van der Waals surface area contributed by atoms with Crippen LogP contribution in [0.2, 0.25) is 0 Å². The number of anilines is 1. The molecule has 0 radical (unpaired) electrons. The molecule has 2 heterocycles. The van der Waals surface area contributed by atoms with Gasteiger partial charge in [-0.25, -0.2) is 9.36 Å². The summed E-state index contributed by atoms with van der Waals surface area (Å²) < 4.78 is 11.5. The zero-order valence-corrected chi connectivity index (χ0v) is 6.84. The normalized spacial score (nSPS) is 17.8. The number of ether oxygens (including phenoxy) is 2. The molecule has 0 amide bonds. The molecule has 1 aromatic heterocycles. The summed E-state index contributed by atoms with van der Waals surface area (Å²) in [6.45, 7) is 0.975. The van der Waals surface area contributed by atoms with E-state index in [0.717, 1.165) is 0 Å². The van der Waals surface area contributed by atoms with E-state index in [1.165, 1.54) is 16.8 Å². The molecule has 1 fully saturated rings. The van der Waals surface area contributed by atoms with Gasteiger partial charge in [0.15, 0.2) is 0 Å². The zero-order chi connectivity index (χ0) is 9.26. The summed E-state index contributed by atoms with van der Waals surface area (Å²) in [5.41, 5.74) is 4.85. The van der Waals surface area contributed by atoms with Crippen LogP contribution < -0.4 is 11.4 Å². The maximum absolute atomic E-state index is 11.2. The number of nitrogens with two attached hydrogens (primary N) is 1. The molecule has 6 nitrogen and oxygen atoms in total. The van der Waals surface area contributed by atoms with Gasteiger partial charge in [0.05, 0.1) is 13.2 Å². The lowest BCUT2D eigenvalue weighted by molar-refractivity contribution is -0.104. The highest BCUT2D eigenvalue weighted by atomic mass is 16.7. The summed E-state index contributed by atoms with van der Waals surface area (Å²) in [5, 5.41) is 0. The first-order valence-electron chi connectivity index (χ1n) is 3.85. The van der Waals surface area contributed by atoms with E-state index in [1.54, 1.807) is 0 Å². The maximum Gasteiger partial charge on any atom is 0.353 e. The molecular weight excluding hydrogens is 174 g/mol. The van der Waals surface area contributed by atoms with Gasteiger partial charge in [-0.1, -0.05) is 0 Å². The average Bonchev–Trinajstić information content (AvgIpc) is 2.56. The summed E-state index contributed by atoms with van der Waals surface area (Å²) in [7, 11) is 0. The van der Waals surface area contributed by atoms with Crippen LogP contribution in [0.15, 0.2) is 17.1 Å². The van der Waals surface area contributed by atoms with Crippen molar-refractivity contribution in [3.8, 4) is 0 Å². The molecule has 1 saturated heterocycles. The molecule has 0 spiro atoms. The van der Waals surface area contributed by atoms with E-state index in [4.69, 9.17) is 15.2 Å². The van der Waals surface area contributed by atoms with E-state index in [1.807, 2.05) is 0 Å². The highest BCUT2D eigenvalue weighted by Gasteiger charge is 2.18. The van der Waals surface area contributed by atoms with E-state index in [2.05, 4.69) is 4.98 Å². The van der Waals surface area contributed by atoms with Gasteiger partial charge in [-0.2, -0.15) is 4.98 Å². The quantitative estimate of drug-likeness (QED) is 0.624. The van der Waals surface area contributed by atoms with Crippen LogP contribution in [0, 0.1) is 0 Å². The van der Waals surface area contributed by atoms with Crippen molar-refractivity contribution < 1.29 is 9.47 Å². The molecule has 0 aliphatic carbocycles. The van der Waals surface area contributed by atoms with Crippen molar-refractivity contribution in [3.05, 3.63) is 22.7 Å². The van der Waals surface area contributed by atoms with Crippen molar-refractivity contribution in [1.29, 1.82) is 0 Å². The van der Waals surface area contributed by atoms with Crippen LogP contribution in [-0.4, -0.2) is 22.8 Å². The van der Waals surface area contributed by atoms with Gasteiger partial charge in [-0.15, -0.1) is 0 Å². The van der Waals surface area contributed by atoms with Crippen LogP contribution in [0.5, 0.6) is 0 Å². The predicted molar refractivity (Wildman–Crippen MR) is 43.9 cm³/mol. The van der Waals surface area contributed by atoms with Crippen molar-refractivity contribution >= 4 is 5.82 Å². The first-order valence-corrected chi connectivity index (χ1v) is 3.85. The fraction of sp³-hybridized carbons (Fsp3) is 0.429. The summed E-state index contributed by atoms with van der Waals surface area (Å²) >= 11 is 0. The van der Waals surface area contributed by atoms with Gasteiger partial charge in [-0.3, -0.25) is 0 Å². The number of aromatic nitrogens is 2. The van der Waals surface area contributed by atoms with Crippen LogP contribution in [0.4, 0.5) is 5.82 Å². The Morgan fingerprint density at radius 3 is 2.85 bits per heavy atom. The molecule has 0 bridgehead atoms. The van der Waals surface area contributed by atoms with Crippen molar-refractivity contribution in [2.24, 2.45) is 0 Å². The third-order valence-electron chi connectivity index (χ3n) is 1.68. The van der Waals surface area contributed by atoms with Crippen LogP contribution in [0.3, 0.4) is 0 Å². The molecule has 13 heavy (non-hydrogen) atoms. The molecule has 0 saturated carbocycles. The Bertz CT molecular complexity index is 356. The van der Waals surface area contributed by atoms with Crippen LogP contribution in [0.1, 0.15) is 6.41 Å². The average molecular weight is 183 g/mol. The monoisotopic (exact) mass is 183 g/mol. The van der Waals surface area contributed by atoms with E-state index in [0.29, 0.717) is 13.2 Å². The Kier molecular flexibility index (Phi) is 1.99. The molecular formula is C7H9N3O3. The number of hydrogen-bond donors (Lipinski definition) is 1.